The van der Waals surface area contributed by atoms with Gasteiger partial charge < -0.3 is 4.57 Å². The normalized spacial score (nSPS) is 10.2. The lowest BCUT2D eigenvalue weighted by atomic mass is 10.2. The first-order chi connectivity index (χ1) is 7.29. The summed E-state index contributed by atoms with van der Waals surface area (Å²) in [7, 11) is 0. The van der Waals surface area contributed by atoms with E-state index in [1.165, 1.54) is 18.3 Å². The highest BCUT2D eigenvalue weighted by Crippen LogP contribution is 2.07. The van der Waals surface area contributed by atoms with E-state index in [4.69, 9.17) is 0 Å². The number of carbonyl (C=O) groups excluding carboxylic acids is 1. The number of rotatable bonds is 3. The van der Waals surface area contributed by atoms with Crippen LogP contribution in [0.25, 0.3) is 0 Å². The highest BCUT2D eigenvalue weighted by molar-refractivity contribution is 5.71. The quantitative estimate of drug-likeness (QED) is 0.715. The molecule has 76 valence electrons. The number of halogens is 1. The third-order valence-corrected chi connectivity index (χ3v) is 2.11. The van der Waals surface area contributed by atoms with Gasteiger partial charge in [-0.05, 0) is 17.7 Å². The Hall–Kier alpha value is -1.97. The Kier molecular flexibility index (Phi) is 2.58. The monoisotopic (exact) mass is 204 g/mol. The molecule has 2 aromatic rings. The minimum atomic E-state index is -0.278. The second kappa shape index (κ2) is 4.04. The van der Waals surface area contributed by atoms with Crippen molar-refractivity contribution < 1.29 is 9.18 Å². The molecule has 0 bridgehead atoms. The summed E-state index contributed by atoms with van der Waals surface area (Å²) in [5, 5.41) is 0. The lowest BCUT2D eigenvalue weighted by Crippen LogP contribution is -2.02. The summed E-state index contributed by atoms with van der Waals surface area (Å²) in [6.07, 6.45) is 3.76. The Bertz CT molecular complexity index is 479. The van der Waals surface area contributed by atoms with Gasteiger partial charge in [-0.1, -0.05) is 12.1 Å². The molecule has 0 fully saturated rings. The molecule has 1 heterocycles. The van der Waals surface area contributed by atoms with E-state index < -0.39 is 0 Å². The molecule has 0 radical (unpaired) electrons. The predicted octanol–water partition coefficient (Wildman–Crippen LogP) is 1.88. The van der Waals surface area contributed by atoms with Gasteiger partial charge in [0.2, 0.25) is 0 Å². The molecule has 0 atom stereocenters. The van der Waals surface area contributed by atoms with Crippen LogP contribution in [0.3, 0.4) is 0 Å². The van der Waals surface area contributed by atoms with Crippen LogP contribution in [0.15, 0.2) is 36.8 Å². The minimum Gasteiger partial charge on any atom is -0.324 e. The summed E-state index contributed by atoms with van der Waals surface area (Å²) in [5.74, 6) is -0.278. The van der Waals surface area contributed by atoms with Crippen LogP contribution >= 0.6 is 0 Å². The molecule has 1 aromatic carbocycles. The van der Waals surface area contributed by atoms with Gasteiger partial charge in [0.1, 0.15) is 11.5 Å². The molecule has 0 saturated heterocycles. The van der Waals surface area contributed by atoms with E-state index in [9.17, 15) is 9.18 Å². The fraction of sp³-hybridized carbons (Fsp3) is 0.0909. The molecule has 0 N–H and O–H groups in total. The predicted molar refractivity (Wildman–Crippen MR) is 53.1 cm³/mol. The number of aromatic nitrogens is 2. The number of hydrogen-bond acceptors (Lipinski definition) is 2. The molecule has 0 aliphatic rings. The Labute approximate surface area is 86.2 Å². The largest absolute Gasteiger partial charge is 0.324 e. The summed E-state index contributed by atoms with van der Waals surface area (Å²) in [6, 6.07) is 6.27. The minimum absolute atomic E-state index is 0.278. The zero-order valence-corrected chi connectivity index (χ0v) is 7.93. The molecule has 15 heavy (non-hydrogen) atoms. The van der Waals surface area contributed by atoms with E-state index in [-0.39, 0.29) is 5.82 Å². The maximum absolute atomic E-state index is 12.9. The second-order valence-corrected chi connectivity index (χ2v) is 3.19. The summed E-state index contributed by atoms with van der Waals surface area (Å²) in [5.41, 5.74) is 1.29. The van der Waals surface area contributed by atoms with Crippen LogP contribution in [0.5, 0.6) is 0 Å². The van der Waals surface area contributed by atoms with E-state index in [0.717, 1.165) is 11.8 Å². The van der Waals surface area contributed by atoms with Crippen molar-refractivity contribution >= 4 is 6.29 Å². The molecular weight excluding hydrogens is 195 g/mol. The summed E-state index contributed by atoms with van der Waals surface area (Å²) in [6.45, 7) is 0.450. The van der Waals surface area contributed by atoms with Gasteiger partial charge >= 0.3 is 0 Å². The molecule has 0 saturated carbocycles. The maximum atomic E-state index is 12.9. The third-order valence-electron chi connectivity index (χ3n) is 2.11. The molecule has 0 aliphatic heterocycles. The molecule has 2 rings (SSSR count). The fourth-order valence-electron chi connectivity index (χ4n) is 1.39. The van der Waals surface area contributed by atoms with E-state index in [1.807, 2.05) is 0 Å². The van der Waals surface area contributed by atoms with Crippen LogP contribution in [-0.2, 0) is 6.54 Å². The van der Waals surface area contributed by atoms with Crippen LogP contribution in [0, 0.1) is 5.82 Å². The van der Waals surface area contributed by atoms with E-state index in [1.54, 1.807) is 23.0 Å². The number of benzene rings is 1. The third kappa shape index (κ3) is 2.10. The summed E-state index contributed by atoms with van der Waals surface area (Å²) in [4.78, 5) is 14.5. The van der Waals surface area contributed by atoms with Crippen molar-refractivity contribution in [3.8, 4) is 0 Å². The first-order valence-electron chi connectivity index (χ1n) is 4.49. The van der Waals surface area contributed by atoms with Gasteiger partial charge in [-0.2, -0.15) is 0 Å². The van der Waals surface area contributed by atoms with Crippen molar-refractivity contribution in [3.05, 3.63) is 53.9 Å². The molecule has 0 unspecified atom stereocenters. The fourth-order valence-corrected chi connectivity index (χ4v) is 1.39. The molecule has 1 aromatic heterocycles. The SMILES string of the molecule is O=Cc1cncn1Cc1cccc(F)c1. The number of aldehydes is 1. The van der Waals surface area contributed by atoms with E-state index in [0.29, 0.717) is 12.2 Å². The Morgan fingerprint density at radius 1 is 1.47 bits per heavy atom. The van der Waals surface area contributed by atoms with Gasteiger partial charge in [0.15, 0.2) is 6.29 Å². The maximum Gasteiger partial charge on any atom is 0.168 e. The van der Waals surface area contributed by atoms with E-state index >= 15 is 0 Å². The van der Waals surface area contributed by atoms with Gasteiger partial charge in [0.05, 0.1) is 12.5 Å². The van der Waals surface area contributed by atoms with Crippen LogP contribution in [0.2, 0.25) is 0 Å². The molecule has 0 spiro atoms. The number of hydrogen-bond donors (Lipinski definition) is 0. The average molecular weight is 204 g/mol. The highest BCUT2D eigenvalue weighted by Gasteiger charge is 2.01. The molecule has 0 amide bonds. The number of nitrogens with zero attached hydrogens (tertiary/aromatic N) is 2. The van der Waals surface area contributed by atoms with Gasteiger partial charge in [0, 0.05) is 6.54 Å². The highest BCUT2D eigenvalue weighted by atomic mass is 19.1. The van der Waals surface area contributed by atoms with Gasteiger partial charge in [-0.3, -0.25) is 4.79 Å². The average Bonchev–Trinajstić information content (AvgIpc) is 2.65. The van der Waals surface area contributed by atoms with Crippen molar-refractivity contribution in [2.45, 2.75) is 6.54 Å². The molecule has 0 aliphatic carbocycles. The van der Waals surface area contributed by atoms with Crippen LogP contribution in [-0.4, -0.2) is 15.8 Å². The Morgan fingerprint density at radius 3 is 3.07 bits per heavy atom. The Balaban J connectivity index is 2.25. The molecule has 3 nitrogen and oxygen atoms in total. The van der Waals surface area contributed by atoms with Crippen molar-refractivity contribution in [1.82, 2.24) is 9.55 Å². The van der Waals surface area contributed by atoms with Crippen molar-refractivity contribution in [2.24, 2.45) is 0 Å². The standard InChI is InChI=1S/C11H9FN2O/c12-10-3-1-2-9(4-10)6-14-8-13-5-11(14)7-15/h1-5,7-8H,6H2. The zero-order chi connectivity index (χ0) is 10.7. The van der Waals surface area contributed by atoms with Crippen LogP contribution in [0.1, 0.15) is 16.1 Å². The van der Waals surface area contributed by atoms with Crippen molar-refractivity contribution in [3.63, 3.8) is 0 Å². The van der Waals surface area contributed by atoms with Gasteiger partial charge in [0.25, 0.3) is 0 Å². The lowest BCUT2D eigenvalue weighted by Gasteiger charge is -2.04. The van der Waals surface area contributed by atoms with Crippen LogP contribution in [0.4, 0.5) is 4.39 Å². The second-order valence-electron chi connectivity index (χ2n) is 3.19. The molecular formula is C11H9FN2O. The Morgan fingerprint density at radius 2 is 2.33 bits per heavy atom. The van der Waals surface area contributed by atoms with E-state index in [2.05, 4.69) is 4.98 Å². The topological polar surface area (TPSA) is 34.9 Å². The number of carbonyl (C=O) groups is 1. The number of imidazole rings is 1. The van der Waals surface area contributed by atoms with Gasteiger partial charge in [-0.25, -0.2) is 9.37 Å². The summed E-state index contributed by atoms with van der Waals surface area (Å²) < 4.78 is 14.6. The van der Waals surface area contributed by atoms with Crippen LogP contribution < -0.4 is 0 Å². The zero-order valence-electron chi connectivity index (χ0n) is 7.93. The first-order valence-corrected chi connectivity index (χ1v) is 4.49. The first kappa shape index (κ1) is 9.58. The van der Waals surface area contributed by atoms with Gasteiger partial charge in [-0.15, -0.1) is 0 Å². The lowest BCUT2D eigenvalue weighted by molar-refractivity contribution is 0.111. The van der Waals surface area contributed by atoms with Crippen molar-refractivity contribution in [2.75, 3.05) is 0 Å². The van der Waals surface area contributed by atoms with Crippen molar-refractivity contribution in [1.29, 1.82) is 0 Å². The summed E-state index contributed by atoms with van der Waals surface area (Å²) >= 11 is 0. The smallest absolute Gasteiger partial charge is 0.168 e. The molecule has 4 heteroatoms.